The van der Waals surface area contributed by atoms with Crippen molar-refractivity contribution in [2.45, 2.75) is 20.0 Å². The number of methoxy groups -OCH3 is 1. The van der Waals surface area contributed by atoms with Crippen LogP contribution in [0.15, 0.2) is 34.8 Å². The van der Waals surface area contributed by atoms with Crippen LogP contribution in [0.1, 0.15) is 18.9 Å². The number of anilines is 1. The molecule has 0 atom stereocenters. The summed E-state index contributed by atoms with van der Waals surface area (Å²) < 4.78 is 6.27. The van der Waals surface area contributed by atoms with Crippen molar-refractivity contribution in [1.29, 1.82) is 0 Å². The predicted molar refractivity (Wildman–Crippen MR) is 72.8 cm³/mol. The predicted octanol–water partition coefficient (Wildman–Crippen LogP) is 3.97. The van der Waals surface area contributed by atoms with Crippen LogP contribution in [0, 0.1) is 0 Å². The highest BCUT2D eigenvalue weighted by Gasteiger charge is 2.05. The minimum absolute atomic E-state index is 0.608. The molecule has 0 fully saturated rings. The Morgan fingerprint density at radius 1 is 1.50 bits per heavy atom. The molecule has 0 unspecified atom stereocenters. The summed E-state index contributed by atoms with van der Waals surface area (Å²) in [6.07, 6.45) is 0.985. The van der Waals surface area contributed by atoms with Gasteiger partial charge in [-0.25, -0.2) is 0 Å². The quantitative estimate of drug-likeness (QED) is 0.798. The molecule has 1 aromatic carbocycles. The zero-order valence-electron chi connectivity index (χ0n) is 9.85. The van der Waals surface area contributed by atoms with Crippen molar-refractivity contribution in [3.05, 3.63) is 40.4 Å². The fourth-order valence-electron chi connectivity index (χ4n) is 1.43. The maximum absolute atomic E-state index is 5.19. The van der Waals surface area contributed by atoms with E-state index in [1.807, 2.05) is 19.1 Å². The Balaban J connectivity index is 2.70. The standard InChI is InChI=1S/C13H18BrNO/c1-10(2)7-8-15-13-6-4-5-12(14)11(13)9-16-3/h4-6,15H,1,7-9H2,2-3H3. The van der Waals surface area contributed by atoms with E-state index >= 15 is 0 Å². The highest BCUT2D eigenvalue weighted by Crippen LogP contribution is 2.25. The smallest absolute Gasteiger partial charge is 0.0744 e. The minimum atomic E-state index is 0.608. The van der Waals surface area contributed by atoms with Crippen LogP contribution in [0.25, 0.3) is 0 Å². The van der Waals surface area contributed by atoms with Gasteiger partial charge in [-0.05, 0) is 25.5 Å². The molecule has 0 heterocycles. The minimum Gasteiger partial charge on any atom is -0.384 e. The molecule has 3 heteroatoms. The first-order valence-electron chi connectivity index (χ1n) is 5.29. The molecular formula is C13H18BrNO. The molecule has 0 aliphatic carbocycles. The fourth-order valence-corrected chi connectivity index (χ4v) is 1.91. The monoisotopic (exact) mass is 283 g/mol. The van der Waals surface area contributed by atoms with Gasteiger partial charge < -0.3 is 10.1 Å². The van der Waals surface area contributed by atoms with Crippen molar-refractivity contribution < 1.29 is 4.74 Å². The molecule has 0 aliphatic rings. The van der Waals surface area contributed by atoms with E-state index in [0.717, 1.165) is 28.7 Å². The molecule has 0 spiro atoms. The van der Waals surface area contributed by atoms with Crippen LogP contribution in [-0.2, 0) is 11.3 Å². The molecule has 1 aromatic rings. The lowest BCUT2D eigenvalue weighted by Gasteiger charge is -2.13. The third kappa shape index (κ3) is 3.99. The van der Waals surface area contributed by atoms with Crippen LogP contribution in [0.5, 0.6) is 0 Å². The van der Waals surface area contributed by atoms with Crippen molar-refractivity contribution in [2.75, 3.05) is 19.0 Å². The topological polar surface area (TPSA) is 21.3 Å². The number of hydrogen-bond acceptors (Lipinski definition) is 2. The second-order valence-corrected chi connectivity index (χ2v) is 4.69. The molecule has 2 nitrogen and oxygen atoms in total. The van der Waals surface area contributed by atoms with Gasteiger partial charge in [0.1, 0.15) is 0 Å². The number of hydrogen-bond donors (Lipinski definition) is 1. The Kier molecular flexibility index (Phi) is 5.56. The number of nitrogens with one attached hydrogen (secondary N) is 1. The van der Waals surface area contributed by atoms with E-state index in [4.69, 9.17) is 4.74 Å². The van der Waals surface area contributed by atoms with Crippen LogP contribution in [0.4, 0.5) is 5.69 Å². The Morgan fingerprint density at radius 2 is 2.25 bits per heavy atom. The van der Waals surface area contributed by atoms with Crippen LogP contribution in [0.3, 0.4) is 0 Å². The lowest BCUT2D eigenvalue weighted by atomic mass is 10.1. The van der Waals surface area contributed by atoms with Gasteiger partial charge in [-0.15, -0.1) is 6.58 Å². The summed E-state index contributed by atoms with van der Waals surface area (Å²) >= 11 is 3.53. The van der Waals surface area contributed by atoms with Gasteiger partial charge >= 0.3 is 0 Å². The first kappa shape index (κ1) is 13.3. The molecule has 0 saturated carbocycles. The highest BCUT2D eigenvalue weighted by atomic mass is 79.9. The molecular weight excluding hydrogens is 266 g/mol. The van der Waals surface area contributed by atoms with Crippen LogP contribution in [-0.4, -0.2) is 13.7 Å². The van der Waals surface area contributed by atoms with Crippen LogP contribution in [0.2, 0.25) is 0 Å². The summed E-state index contributed by atoms with van der Waals surface area (Å²) in [5.74, 6) is 0. The third-order valence-electron chi connectivity index (χ3n) is 2.27. The molecule has 0 saturated heterocycles. The van der Waals surface area contributed by atoms with Gasteiger partial charge in [0, 0.05) is 29.4 Å². The lowest BCUT2D eigenvalue weighted by molar-refractivity contribution is 0.185. The van der Waals surface area contributed by atoms with E-state index in [9.17, 15) is 0 Å². The van der Waals surface area contributed by atoms with E-state index in [2.05, 4.69) is 33.9 Å². The Labute approximate surface area is 106 Å². The van der Waals surface area contributed by atoms with Gasteiger partial charge in [-0.1, -0.05) is 27.6 Å². The average molecular weight is 284 g/mol. The highest BCUT2D eigenvalue weighted by molar-refractivity contribution is 9.10. The normalized spacial score (nSPS) is 10.2. The van der Waals surface area contributed by atoms with Crippen molar-refractivity contribution >= 4 is 21.6 Å². The first-order valence-corrected chi connectivity index (χ1v) is 6.09. The fraction of sp³-hybridized carbons (Fsp3) is 0.385. The summed E-state index contributed by atoms with van der Waals surface area (Å²) in [5.41, 5.74) is 3.47. The lowest BCUT2D eigenvalue weighted by Crippen LogP contribution is -2.05. The van der Waals surface area contributed by atoms with Gasteiger partial charge in [0.25, 0.3) is 0 Å². The molecule has 16 heavy (non-hydrogen) atoms. The first-order chi connectivity index (χ1) is 7.65. The van der Waals surface area contributed by atoms with Crippen LogP contribution >= 0.6 is 15.9 Å². The number of benzene rings is 1. The van der Waals surface area contributed by atoms with Gasteiger partial charge in [0.05, 0.1) is 6.61 Å². The molecule has 0 bridgehead atoms. The van der Waals surface area contributed by atoms with E-state index < -0.39 is 0 Å². The maximum Gasteiger partial charge on any atom is 0.0744 e. The Morgan fingerprint density at radius 3 is 2.88 bits per heavy atom. The third-order valence-corrected chi connectivity index (χ3v) is 3.02. The molecule has 88 valence electrons. The SMILES string of the molecule is C=C(C)CCNc1cccc(Br)c1COC. The maximum atomic E-state index is 5.19. The summed E-state index contributed by atoms with van der Waals surface area (Å²) in [6.45, 7) is 7.44. The second kappa shape index (κ2) is 6.71. The molecule has 0 radical (unpaired) electrons. The Bertz CT molecular complexity index is 363. The van der Waals surface area contributed by atoms with E-state index in [-0.39, 0.29) is 0 Å². The van der Waals surface area contributed by atoms with Crippen molar-refractivity contribution in [3.63, 3.8) is 0 Å². The summed E-state index contributed by atoms with van der Waals surface area (Å²) in [7, 11) is 1.71. The molecule has 0 aromatic heterocycles. The average Bonchev–Trinajstić information content (AvgIpc) is 2.22. The van der Waals surface area contributed by atoms with Crippen molar-refractivity contribution in [3.8, 4) is 0 Å². The largest absolute Gasteiger partial charge is 0.384 e. The zero-order valence-corrected chi connectivity index (χ0v) is 11.4. The summed E-state index contributed by atoms with van der Waals surface area (Å²) in [5, 5.41) is 3.40. The van der Waals surface area contributed by atoms with Gasteiger partial charge in [-0.2, -0.15) is 0 Å². The number of rotatable bonds is 6. The molecule has 1 N–H and O–H groups in total. The van der Waals surface area contributed by atoms with Crippen molar-refractivity contribution in [2.24, 2.45) is 0 Å². The number of halogens is 1. The molecule has 0 amide bonds. The van der Waals surface area contributed by atoms with E-state index in [1.54, 1.807) is 7.11 Å². The molecule has 0 aliphatic heterocycles. The zero-order chi connectivity index (χ0) is 12.0. The van der Waals surface area contributed by atoms with Crippen LogP contribution < -0.4 is 5.32 Å². The van der Waals surface area contributed by atoms with Gasteiger partial charge in [0.2, 0.25) is 0 Å². The summed E-state index contributed by atoms with van der Waals surface area (Å²) in [4.78, 5) is 0. The Hall–Kier alpha value is -0.800. The summed E-state index contributed by atoms with van der Waals surface area (Å²) in [6, 6.07) is 6.11. The van der Waals surface area contributed by atoms with E-state index in [1.165, 1.54) is 5.57 Å². The van der Waals surface area contributed by atoms with Gasteiger partial charge in [-0.3, -0.25) is 0 Å². The second-order valence-electron chi connectivity index (χ2n) is 3.83. The molecule has 1 rings (SSSR count). The van der Waals surface area contributed by atoms with Crippen molar-refractivity contribution in [1.82, 2.24) is 0 Å². The number of ether oxygens (including phenoxy) is 1. The van der Waals surface area contributed by atoms with E-state index in [0.29, 0.717) is 6.61 Å². The van der Waals surface area contributed by atoms with Gasteiger partial charge in [0.15, 0.2) is 0 Å².